The number of anilines is 1. The molecule has 0 unspecified atom stereocenters. The van der Waals surface area contributed by atoms with E-state index in [-0.39, 0.29) is 6.04 Å². The number of carbonyl (C=O) groups is 1. The molecule has 0 aromatic heterocycles. The highest BCUT2D eigenvalue weighted by Crippen LogP contribution is 2.23. The molecule has 1 aromatic carbocycles. The van der Waals surface area contributed by atoms with Crippen LogP contribution in [0, 0.1) is 5.41 Å². The van der Waals surface area contributed by atoms with E-state index in [9.17, 15) is 4.79 Å². The van der Waals surface area contributed by atoms with Gasteiger partial charge in [-0.25, -0.2) is 0 Å². The van der Waals surface area contributed by atoms with E-state index in [2.05, 4.69) is 0 Å². The molecule has 0 aliphatic carbocycles. The summed E-state index contributed by atoms with van der Waals surface area (Å²) in [6, 6.07) is 7.32. The van der Waals surface area contributed by atoms with Crippen LogP contribution in [0.5, 0.6) is 0 Å². The summed E-state index contributed by atoms with van der Waals surface area (Å²) in [6.07, 6.45) is 1.11. The van der Waals surface area contributed by atoms with E-state index in [1.165, 1.54) is 0 Å². The summed E-state index contributed by atoms with van der Waals surface area (Å²) in [6.45, 7) is 3.39. The van der Waals surface area contributed by atoms with Crippen molar-refractivity contribution in [2.75, 3.05) is 5.73 Å². The third-order valence-electron chi connectivity index (χ3n) is 2.83. The molecule has 0 heterocycles. The minimum Gasteiger partial charge on any atom is -0.481 e. The van der Waals surface area contributed by atoms with Crippen molar-refractivity contribution in [1.82, 2.24) is 0 Å². The molecule has 0 aliphatic rings. The van der Waals surface area contributed by atoms with Gasteiger partial charge in [0.25, 0.3) is 0 Å². The molecule has 0 aliphatic heterocycles. The second-order valence-electron chi connectivity index (χ2n) is 5.10. The Hall–Kier alpha value is -1.55. The van der Waals surface area contributed by atoms with Crippen molar-refractivity contribution in [2.45, 2.75) is 32.7 Å². The van der Waals surface area contributed by atoms with Crippen LogP contribution in [0.25, 0.3) is 0 Å². The predicted molar refractivity (Wildman–Crippen MR) is 68.6 cm³/mol. The van der Waals surface area contributed by atoms with Crippen LogP contribution >= 0.6 is 0 Å². The van der Waals surface area contributed by atoms with Gasteiger partial charge in [0, 0.05) is 11.7 Å². The third kappa shape index (κ3) is 4.07. The normalized spacial score (nSPS) is 13.4. The average molecular weight is 236 g/mol. The summed E-state index contributed by atoms with van der Waals surface area (Å²) < 4.78 is 0. The maximum Gasteiger partial charge on any atom is 0.309 e. The van der Waals surface area contributed by atoms with Crippen LogP contribution in [0.3, 0.4) is 0 Å². The molecule has 0 bridgehead atoms. The van der Waals surface area contributed by atoms with Gasteiger partial charge in [0.15, 0.2) is 0 Å². The van der Waals surface area contributed by atoms with E-state index in [0.717, 1.165) is 5.56 Å². The number of hydrogen-bond donors (Lipinski definition) is 3. The Morgan fingerprint density at radius 3 is 2.35 bits per heavy atom. The molecule has 0 saturated carbocycles. The monoisotopic (exact) mass is 236 g/mol. The van der Waals surface area contributed by atoms with Gasteiger partial charge in [-0.2, -0.15) is 0 Å². The first-order valence-corrected chi connectivity index (χ1v) is 5.64. The van der Waals surface area contributed by atoms with Crippen molar-refractivity contribution >= 4 is 11.7 Å². The third-order valence-corrected chi connectivity index (χ3v) is 2.83. The molecular weight excluding hydrogens is 216 g/mol. The van der Waals surface area contributed by atoms with Gasteiger partial charge < -0.3 is 16.6 Å². The Kier molecular flexibility index (Phi) is 4.12. The number of aliphatic carboxylic acids is 1. The number of carboxylic acids is 1. The fourth-order valence-corrected chi connectivity index (χ4v) is 1.77. The molecule has 1 rings (SSSR count). The van der Waals surface area contributed by atoms with E-state index >= 15 is 0 Å². The van der Waals surface area contributed by atoms with Crippen LogP contribution < -0.4 is 11.5 Å². The Morgan fingerprint density at radius 2 is 1.88 bits per heavy atom. The van der Waals surface area contributed by atoms with Crippen molar-refractivity contribution in [2.24, 2.45) is 11.1 Å². The first-order valence-electron chi connectivity index (χ1n) is 5.64. The largest absolute Gasteiger partial charge is 0.481 e. The van der Waals surface area contributed by atoms with Crippen molar-refractivity contribution in [3.63, 3.8) is 0 Å². The molecule has 0 fully saturated rings. The van der Waals surface area contributed by atoms with E-state index in [1.807, 2.05) is 24.3 Å². The molecule has 5 N–H and O–H groups in total. The van der Waals surface area contributed by atoms with Gasteiger partial charge in [0.1, 0.15) is 0 Å². The summed E-state index contributed by atoms with van der Waals surface area (Å²) >= 11 is 0. The molecule has 4 nitrogen and oxygen atoms in total. The van der Waals surface area contributed by atoms with Gasteiger partial charge in [-0.3, -0.25) is 4.79 Å². The van der Waals surface area contributed by atoms with E-state index in [1.54, 1.807) is 13.8 Å². The summed E-state index contributed by atoms with van der Waals surface area (Å²) in [5, 5.41) is 9.02. The summed E-state index contributed by atoms with van der Waals surface area (Å²) in [5.74, 6) is -0.815. The smallest absolute Gasteiger partial charge is 0.309 e. The van der Waals surface area contributed by atoms with Gasteiger partial charge in [0.05, 0.1) is 5.41 Å². The highest BCUT2D eigenvalue weighted by Gasteiger charge is 2.29. The molecule has 0 radical (unpaired) electrons. The van der Waals surface area contributed by atoms with Crippen LogP contribution in [-0.4, -0.2) is 17.1 Å². The first-order chi connectivity index (χ1) is 7.81. The van der Waals surface area contributed by atoms with Gasteiger partial charge in [-0.05, 0) is 44.4 Å². The van der Waals surface area contributed by atoms with E-state index in [0.29, 0.717) is 18.5 Å². The topological polar surface area (TPSA) is 89.3 Å². The van der Waals surface area contributed by atoms with Crippen molar-refractivity contribution < 1.29 is 9.90 Å². The Labute approximate surface area is 102 Å². The quantitative estimate of drug-likeness (QED) is 0.678. The molecule has 0 amide bonds. The van der Waals surface area contributed by atoms with Crippen molar-refractivity contribution in [3.05, 3.63) is 29.8 Å². The van der Waals surface area contributed by atoms with Crippen molar-refractivity contribution in [3.8, 4) is 0 Å². The lowest BCUT2D eigenvalue weighted by Crippen LogP contribution is -2.34. The number of carboxylic acid groups (broad SMARTS) is 1. The number of nitrogens with two attached hydrogens (primary N) is 2. The average Bonchev–Trinajstić information content (AvgIpc) is 2.20. The maximum atomic E-state index is 11.0. The molecule has 4 heteroatoms. The zero-order chi connectivity index (χ0) is 13.1. The lowest BCUT2D eigenvalue weighted by molar-refractivity contribution is -0.147. The van der Waals surface area contributed by atoms with Crippen LogP contribution in [0.2, 0.25) is 0 Å². The summed E-state index contributed by atoms with van der Waals surface area (Å²) in [5.41, 5.74) is 12.6. The Morgan fingerprint density at radius 1 is 1.35 bits per heavy atom. The summed E-state index contributed by atoms with van der Waals surface area (Å²) in [4.78, 5) is 11.0. The van der Waals surface area contributed by atoms with Gasteiger partial charge in [-0.15, -0.1) is 0 Å². The van der Waals surface area contributed by atoms with Crippen LogP contribution in [0.4, 0.5) is 5.69 Å². The number of nitrogen functional groups attached to an aromatic ring is 1. The van der Waals surface area contributed by atoms with Crippen LogP contribution in [0.1, 0.15) is 25.8 Å². The first kappa shape index (κ1) is 13.5. The number of hydrogen-bond acceptors (Lipinski definition) is 3. The van der Waals surface area contributed by atoms with Gasteiger partial charge in [-0.1, -0.05) is 12.1 Å². The van der Waals surface area contributed by atoms with Crippen molar-refractivity contribution in [1.29, 1.82) is 0 Å². The molecule has 1 atom stereocenters. The fourth-order valence-electron chi connectivity index (χ4n) is 1.77. The van der Waals surface area contributed by atoms with Crippen LogP contribution in [-0.2, 0) is 11.2 Å². The zero-order valence-electron chi connectivity index (χ0n) is 10.3. The molecular formula is C13H20N2O2. The molecule has 0 saturated heterocycles. The number of benzene rings is 1. The SMILES string of the molecule is CC(C)(C[C@@H](N)Cc1ccc(N)cc1)C(=O)O. The summed E-state index contributed by atoms with van der Waals surface area (Å²) in [7, 11) is 0. The predicted octanol–water partition coefficient (Wildman–Crippen LogP) is 1.64. The standard InChI is InChI=1S/C13H20N2O2/c1-13(2,12(16)17)8-11(15)7-9-3-5-10(14)6-4-9/h3-6,11H,7-8,14-15H2,1-2H3,(H,16,17)/t11-/m0/s1. The lowest BCUT2D eigenvalue weighted by atomic mass is 9.84. The molecule has 17 heavy (non-hydrogen) atoms. The molecule has 0 spiro atoms. The fraction of sp³-hybridized carbons (Fsp3) is 0.462. The number of rotatable bonds is 5. The van der Waals surface area contributed by atoms with Gasteiger partial charge in [0.2, 0.25) is 0 Å². The van der Waals surface area contributed by atoms with Gasteiger partial charge >= 0.3 is 5.97 Å². The second kappa shape index (κ2) is 5.19. The second-order valence-corrected chi connectivity index (χ2v) is 5.10. The Bertz CT molecular complexity index is 385. The Balaban J connectivity index is 2.58. The van der Waals surface area contributed by atoms with E-state index < -0.39 is 11.4 Å². The van der Waals surface area contributed by atoms with Crippen LogP contribution in [0.15, 0.2) is 24.3 Å². The molecule has 1 aromatic rings. The maximum absolute atomic E-state index is 11.0. The highest BCUT2D eigenvalue weighted by molar-refractivity contribution is 5.73. The zero-order valence-corrected chi connectivity index (χ0v) is 10.3. The minimum absolute atomic E-state index is 0.162. The molecule has 94 valence electrons. The highest BCUT2D eigenvalue weighted by atomic mass is 16.4. The minimum atomic E-state index is -0.815. The van der Waals surface area contributed by atoms with E-state index in [4.69, 9.17) is 16.6 Å². The lowest BCUT2D eigenvalue weighted by Gasteiger charge is -2.23.